The molecular weight excluding hydrogens is 1600 g/mol. The standard InChI is InChI=1S/C96H84O28/c97-37-66-85(112)88(115)90(117)95(122-66)119-58-28-46(27-55(107)30-58)72-68(39-1-13-47(99)14-2-39)77(62-35-59(36-64(111)75(62)72)120-96-91(118)89(116)86(113)67(38-98)123-96)71(42-7-19-50(102)20-8-42)84-87(114)82-78(61-32-57(109)34-65-76(61)73(45-25-53(105)29-54(106)26-45)92(121-65)43-9-21-51(103)22-10-43)70(41-5-17-49(101)18-6-41)80-69(40-3-15-48(100)16-4-40)74-60(31-56(108)33-63(74)110)79-83(81(80)82)94(84)124-93(79)44-11-23-52(104)24-12-44/h1-36,66-73,77-80,85-86,88-93,95-118H,37-38H2/t66-,67-,68+,69-,70-,71-,72+,73-,77+,78-,79-,80+,85-,86-,88+,89+,90-,91-,92+,93+,95-,96-/m1/s1. The van der Waals surface area contributed by atoms with E-state index < -0.39 is 175 Å². The number of phenolic OH excluding ortho intramolecular Hbond substituents is 14. The van der Waals surface area contributed by atoms with Crippen LogP contribution < -0.4 is 18.9 Å². The Hall–Kier alpha value is -13.4. The average molecular weight is 1690 g/mol. The lowest BCUT2D eigenvalue weighted by Crippen LogP contribution is -2.60. The number of ether oxygens (including phenoxy) is 6. The number of aromatic hydroxyl groups is 14. The molecule has 0 radical (unpaired) electrons. The predicted octanol–water partition coefficient (Wildman–Crippen LogP) is 10.5. The van der Waals surface area contributed by atoms with Crippen LogP contribution in [0.4, 0.5) is 0 Å². The summed E-state index contributed by atoms with van der Waals surface area (Å²) in [7, 11) is 0. The molecule has 124 heavy (non-hydrogen) atoms. The molecule has 2 saturated heterocycles. The van der Waals surface area contributed by atoms with Crippen LogP contribution in [0.2, 0.25) is 0 Å². The minimum Gasteiger partial charge on any atom is -0.508 e. The third kappa shape index (κ3) is 13.4. The molecule has 7 aliphatic rings. The van der Waals surface area contributed by atoms with Gasteiger partial charge < -0.3 is 141 Å². The number of rotatable bonds is 17. The Bertz CT molecular complexity index is 6090. The number of benzene rings is 12. The van der Waals surface area contributed by atoms with Gasteiger partial charge in [0, 0.05) is 111 Å². The smallest absolute Gasteiger partial charge is 0.229 e. The first kappa shape index (κ1) is 80.4. The molecule has 636 valence electrons. The normalized spacial score (nSPS) is 27.7. The minimum absolute atomic E-state index is 0.0397. The summed E-state index contributed by atoms with van der Waals surface area (Å²) < 4.78 is 39.7. The fraction of sp³-hybridized carbons (Fsp3) is 0.250. The van der Waals surface area contributed by atoms with Crippen LogP contribution in [0.1, 0.15) is 172 Å². The van der Waals surface area contributed by atoms with E-state index >= 15 is 5.11 Å². The average Bonchev–Trinajstić information content (AvgIpc) is 1.50. The zero-order valence-electron chi connectivity index (χ0n) is 65.2. The van der Waals surface area contributed by atoms with Crippen molar-refractivity contribution < 1.29 is 141 Å². The van der Waals surface area contributed by atoms with Gasteiger partial charge in [0.1, 0.15) is 165 Å². The fourth-order valence-corrected chi connectivity index (χ4v) is 20.8. The minimum atomic E-state index is -2.04. The van der Waals surface area contributed by atoms with Gasteiger partial charge in [-0.05, 0) is 182 Å². The molecule has 4 heterocycles. The van der Waals surface area contributed by atoms with Crippen LogP contribution >= 0.6 is 0 Å². The Morgan fingerprint density at radius 2 is 0.710 bits per heavy atom. The Morgan fingerprint density at radius 3 is 1.23 bits per heavy atom. The first-order chi connectivity index (χ1) is 59.6. The molecule has 19 rings (SSSR count). The van der Waals surface area contributed by atoms with Gasteiger partial charge in [0.05, 0.1) is 25.0 Å². The SMILES string of the molecule is OC[C@H]1O[C@@H](Oc2cc(O)cc([C@@H]3c4c(O)cc(O[C@@H]5O[C@H](CO)[C@@H](O)[C@H](O)[C@H]5O)cc4[C@H]([C@@H](c4ccc(O)cc4)c4c(O)c5c6c7c4O[C@@H](c4ccc(O)cc4)[C@@H]7c4cc(O)cc(O)c4[C@@H](c4ccc(O)cc4)[C@H]6[C@H](c4ccc(O)cc4)[C@H]5c4cc(O)cc5c4[C@@H](c4cc(O)cc(O)c4)[C@H](c4ccc(O)cc4)O5)[C@H]3c3ccc(O)cc3)c2)[C@H](O)[C@@H](O)[C@@H]1O. The Labute approximate surface area is 705 Å². The number of fused-ring (bicyclic) bond motifs is 4. The number of phenols is 14. The molecule has 12 aromatic rings. The maximum Gasteiger partial charge on any atom is 0.229 e. The summed E-state index contributed by atoms with van der Waals surface area (Å²) in [5.41, 5.74) is 4.74. The van der Waals surface area contributed by atoms with Crippen LogP contribution in [0, 0.1) is 0 Å². The highest BCUT2D eigenvalue weighted by molar-refractivity contribution is 5.79. The van der Waals surface area contributed by atoms with E-state index in [1.54, 1.807) is 72.8 Å². The summed E-state index contributed by atoms with van der Waals surface area (Å²) in [6, 6.07) is 53.1. The lowest BCUT2D eigenvalue weighted by Gasteiger charge is -2.39. The van der Waals surface area contributed by atoms with E-state index in [4.69, 9.17) is 28.4 Å². The van der Waals surface area contributed by atoms with Crippen LogP contribution in [-0.2, 0) is 9.47 Å². The van der Waals surface area contributed by atoms with Crippen LogP contribution in [-0.4, -0.2) is 187 Å². The van der Waals surface area contributed by atoms with Crippen molar-refractivity contribution in [3.05, 3.63) is 319 Å². The van der Waals surface area contributed by atoms with Crippen LogP contribution in [0.15, 0.2) is 218 Å². The molecular formula is C96H84O28. The van der Waals surface area contributed by atoms with Gasteiger partial charge in [0.2, 0.25) is 12.6 Å². The highest BCUT2D eigenvalue weighted by atomic mass is 16.7. The van der Waals surface area contributed by atoms with Gasteiger partial charge in [0.25, 0.3) is 0 Å². The van der Waals surface area contributed by atoms with Crippen molar-refractivity contribution in [2.24, 2.45) is 0 Å². The number of hydrogen-bond acceptors (Lipinski definition) is 28. The Balaban J connectivity index is 0.965. The monoisotopic (exact) mass is 1680 g/mol. The first-order valence-electron chi connectivity index (χ1n) is 40.2. The Morgan fingerprint density at radius 1 is 0.290 bits per heavy atom. The van der Waals surface area contributed by atoms with Crippen molar-refractivity contribution in [3.63, 3.8) is 0 Å². The number of hydrogen-bond donors (Lipinski definition) is 22. The lowest BCUT2D eigenvalue weighted by atomic mass is 9.67. The van der Waals surface area contributed by atoms with Crippen molar-refractivity contribution in [2.75, 3.05) is 13.2 Å². The molecule has 3 aliphatic carbocycles. The summed E-state index contributed by atoms with van der Waals surface area (Å²) in [5.74, 6) is -17.8. The third-order valence-corrected chi connectivity index (χ3v) is 25.9. The summed E-state index contributed by atoms with van der Waals surface area (Å²) >= 11 is 0. The van der Waals surface area contributed by atoms with E-state index in [-0.39, 0.29) is 130 Å². The maximum atomic E-state index is 15.8. The second kappa shape index (κ2) is 30.9. The third-order valence-electron chi connectivity index (χ3n) is 25.9. The van der Waals surface area contributed by atoms with Gasteiger partial charge in [-0.3, -0.25) is 0 Å². The molecule has 22 atom stereocenters. The Kier molecular flexibility index (Phi) is 20.0. The second-order valence-corrected chi connectivity index (χ2v) is 33.0. The molecule has 0 spiro atoms. The molecule has 12 aromatic carbocycles. The second-order valence-electron chi connectivity index (χ2n) is 33.0. The van der Waals surface area contributed by atoms with E-state index in [0.29, 0.717) is 44.5 Å². The summed E-state index contributed by atoms with van der Waals surface area (Å²) in [6.07, 6.45) is -20.7. The highest BCUT2D eigenvalue weighted by Gasteiger charge is 2.61. The largest absolute Gasteiger partial charge is 0.508 e. The molecule has 28 heteroatoms. The van der Waals surface area contributed by atoms with E-state index in [9.17, 15) is 107 Å². The van der Waals surface area contributed by atoms with Crippen molar-refractivity contribution in [3.8, 4) is 103 Å². The number of aliphatic hydroxyl groups excluding tert-OH is 8. The molecule has 28 nitrogen and oxygen atoms in total. The summed E-state index contributed by atoms with van der Waals surface area (Å²) in [6.45, 7) is -1.72. The van der Waals surface area contributed by atoms with Crippen molar-refractivity contribution >= 4 is 0 Å². The van der Waals surface area contributed by atoms with Gasteiger partial charge >= 0.3 is 0 Å². The molecule has 0 saturated carbocycles. The quantitative estimate of drug-likeness (QED) is 0.0403. The predicted molar refractivity (Wildman–Crippen MR) is 438 cm³/mol. The van der Waals surface area contributed by atoms with Gasteiger partial charge in [-0.2, -0.15) is 0 Å². The van der Waals surface area contributed by atoms with Crippen molar-refractivity contribution in [2.45, 2.75) is 133 Å². The topological polar surface area (TPSA) is 500 Å². The summed E-state index contributed by atoms with van der Waals surface area (Å²) in [4.78, 5) is 0. The zero-order valence-corrected chi connectivity index (χ0v) is 65.2. The van der Waals surface area contributed by atoms with E-state index in [2.05, 4.69) is 0 Å². The van der Waals surface area contributed by atoms with Crippen molar-refractivity contribution in [1.29, 1.82) is 0 Å². The van der Waals surface area contributed by atoms with E-state index in [0.717, 1.165) is 12.1 Å². The van der Waals surface area contributed by atoms with E-state index in [1.165, 1.54) is 133 Å². The van der Waals surface area contributed by atoms with Crippen LogP contribution in [0.25, 0.3) is 0 Å². The number of aliphatic hydroxyl groups is 8. The van der Waals surface area contributed by atoms with Crippen LogP contribution in [0.3, 0.4) is 0 Å². The maximum absolute atomic E-state index is 15.8. The summed E-state index contributed by atoms with van der Waals surface area (Å²) in [5, 5.41) is 260. The van der Waals surface area contributed by atoms with Gasteiger partial charge in [-0.15, -0.1) is 0 Å². The van der Waals surface area contributed by atoms with Crippen molar-refractivity contribution in [1.82, 2.24) is 0 Å². The molecule has 2 fully saturated rings. The highest BCUT2D eigenvalue weighted by Crippen LogP contribution is 2.76. The molecule has 22 N–H and O–H groups in total. The molecule has 0 aromatic heterocycles. The van der Waals surface area contributed by atoms with Crippen LogP contribution in [0.5, 0.6) is 103 Å². The van der Waals surface area contributed by atoms with Gasteiger partial charge in [0.15, 0.2) is 0 Å². The molecule has 4 aliphatic heterocycles. The lowest BCUT2D eigenvalue weighted by molar-refractivity contribution is -0.277. The first-order valence-corrected chi connectivity index (χ1v) is 40.2. The van der Waals surface area contributed by atoms with Gasteiger partial charge in [-0.1, -0.05) is 72.8 Å². The zero-order chi connectivity index (χ0) is 86.6. The van der Waals surface area contributed by atoms with Gasteiger partial charge in [-0.25, -0.2) is 0 Å². The molecule has 0 unspecified atom stereocenters. The molecule has 0 bridgehead atoms. The van der Waals surface area contributed by atoms with E-state index in [1.807, 2.05) is 0 Å². The molecule has 0 amide bonds. The fourth-order valence-electron chi connectivity index (χ4n) is 20.8.